The van der Waals surface area contributed by atoms with Crippen LogP contribution in [0.15, 0.2) is 23.5 Å². The van der Waals surface area contributed by atoms with Gasteiger partial charge in [0.15, 0.2) is 0 Å². The first-order valence-corrected chi connectivity index (χ1v) is 5.28. The third-order valence-electron chi connectivity index (χ3n) is 2.40. The lowest BCUT2D eigenvalue weighted by Gasteiger charge is -2.19. The summed E-state index contributed by atoms with van der Waals surface area (Å²) in [6.07, 6.45) is 2.93. The zero-order valence-corrected chi connectivity index (χ0v) is 9.83. The van der Waals surface area contributed by atoms with Gasteiger partial charge in [-0.25, -0.2) is 4.98 Å². The van der Waals surface area contributed by atoms with Crippen molar-refractivity contribution in [1.82, 2.24) is 15.1 Å². The SMILES string of the molecule is C=CCN(CC(=O)O)c1ncnc2onc(C)c12. The summed E-state index contributed by atoms with van der Waals surface area (Å²) in [4.78, 5) is 20.5. The molecule has 0 aliphatic heterocycles. The van der Waals surface area contributed by atoms with Crippen LogP contribution in [0.5, 0.6) is 0 Å². The molecule has 0 bridgehead atoms. The smallest absolute Gasteiger partial charge is 0.323 e. The lowest BCUT2D eigenvalue weighted by Crippen LogP contribution is -2.30. The van der Waals surface area contributed by atoms with Gasteiger partial charge in [0.05, 0.1) is 5.69 Å². The van der Waals surface area contributed by atoms with Gasteiger partial charge in [0.2, 0.25) is 0 Å². The maximum atomic E-state index is 10.9. The van der Waals surface area contributed by atoms with E-state index in [1.807, 2.05) is 0 Å². The standard InChI is InChI=1S/C11H12N4O3/c1-3-4-15(5-8(16)17)10-9-7(2)14-18-11(9)13-6-12-10/h3,6H,1,4-5H2,2H3,(H,16,17). The van der Waals surface area contributed by atoms with Gasteiger partial charge >= 0.3 is 5.97 Å². The van der Waals surface area contributed by atoms with Crippen LogP contribution in [0.1, 0.15) is 5.69 Å². The highest BCUT2D eigenvalue weighted by atomic mass is 16.5. The Morgan fingerprint density at radius 3 is 3.06 bits per heavy atom. The summed E-state index contributed by atoms with van der Waals surface area (Å²) < 4.78 is 5.02. The predicted molar refractivity (Wildman–Crippen MR) is 64.4 cm³/mol. The number of carboxylic acids is 1. The number of aromatic nitrogens is 3. The average molecular weight is 248 g/mol. The van der Waals surface area contributed by atoms with E-state index in [1.54, 1.807) is 17.9 Å². The zero-order chi connectivity index (χ0) is 13.1. The first kappa shape index (κ1) is 12.0. The Labute approximate surface area is 103 Å². The average Bonchev–Trinajstić information content (AvgIpc) is 2.70. The van der Waals surface area contributed by atoms with Gasteiger partial charge in [0.25, 0.3) is 5.71 Å². The number of hydrogen-bond acceptors (Lipinski definition) is 6. The monoisotopic (exact) mass is 248 g/mol. The predicted octanol–water partition coefficient (Wildman–Crippen LogP) is 1.00. The minimum Gasteiger partial charge on any atom is -0.480 e. The van der Waals surface area contributed by atoms with E-state index >= 15 is 0 Å². The van der Waals surface area contributed by atoms with Crippen molar-refractivity contribution in [2.45, 2.75) is 6.92 Å². The quantitative estimate of drug-likeness (QED) is 0.789. The van der Waals surface area contributed by atoms with E-state index in [-0.39, 0.29) is 6.54 Å². The second kappa shape index (κ2) is 4.82. The highest BCUT2D eigenvalue weighted by Crippen LogP contribution is 2.25. The van der Waals surface area contributed by atoms with Crippen molar-refractivity contribution in [3.8, 4) is 0 Å². The van der Waals surface area contributed by atoms with Gasteiger partial charge in [-0.3, -0.25) is 4.79 Å². The van der Waals surface area contributed by atoms with Crippen LogP contribution in [0.2, 0.25) is 0 Å². The van der Waals surface area contributed by atoms with E-state index in [9.17, 15) is 4.79 Å². The third-order valence-corrected chi connectivity index (χ3v) is 2.40. The van der Waals surface area contributed by atoms with Crippen molar-refractivity contribution < 1.29 is 14.4 Å². The van der Waals surface area contributed by atoms with Crippen molar-refractivity contribution >= 4 is 22.9 Å². The van der Waals surface area contributed by atoms with Gasteiger partial charge in [0, 0.05) is 6.54 Å². The molecule has 0 unspecified atom stereocenters. The molecule has 0 aliphatic rings. The second-order valence-electron chi connectivity index (χ2n) is 3.71. The molecule has 2 aromatic rings. The minimum atomic E-state index is -0.947. The molecule has 18 heavy (non-hydrogen) atoms. The molecular formula is C11H12N4O3. The molecule has 94 valence electrons. The van der Waals surface area contributed by atoms with E-state index in [4.69, 9.17) is 9.63 Å². The number of nitrogens with zero attached hydrogens (tertiary/aromatic N) is 4. The molecule has 0 amide bonds. The molecule has 2 aromatic heterocycles. The Kier molecular flexibility index (Phi) is 3.22. The first-order chi connectivity index (χ1) is 8.63. The largest absolute Gasteiger partial charge is 0.480 e. The van der Waals surface area contributed by atoms with Gasteiger partial charge in [-0.1, -0.05) is 11.2 Å². The number of carboxylic acid groups (broad SMARTS) is 1. The van der Waals surface area contributed by atoms with E-state index < -0.39 is 5.97 Å². The number of hydrogen-bond donors (Lipinski definition) is 1. The molecule has 0 fully saturated rings. The second-order valence-corrected chi connectivity index (χ2v) is 3.71. The maximum absolute atomic E-state index is 10.9. The van der Waals surface area contributed by atoms with Gasteiger partial charge in [-0.05, 0) is 6.92 Å². The highest BCUT2D eigenvalue weighted by molar-refractivity contribution is 5.89. The van der Waals surface area contributed by atoms with E-state index in [2.05, 4.69) is 21.7 Å². The molecule has 0 spiro atoms. The summed E-state index contributed by atoms with van der Waals surface area (Å²) in [7, 11) is 0. The highest BCUT2D eigenvalue weighted by Gasteiger charge is 2.18. The lowest BCUT2D eigenvalue weighted by molar-refractivity contribution is -0.135. The number of fused-ring (bicyclic) bond motifs is 1. The third kappa shape index (κ3) is 2.15. The van der Waals surface area contributed by atoms with Crippen molar-refractivity contribution in [2.24, 2.45) is 0 Å². The number of rotatable bonds is 5. The molecular weight excluding hydrogens is 236 g/mol. The van der Waals surface area contributed by atoms with Crippen molar-refractivity contribution in [2.75, 3.05) is 18.0 Å². The summed E-state index contributed by atoms with van der Waals surface area (Å²) in [5.41, 5.74) is 0.969. The minimum absolute atomic E-state index is 0.178. The Morgan fingerprint density at radius 1 is 1.61 bits per heavy atom. The van der Waals surface area contributed by atoms with E-state index in [0.29, 0.717) is 29.2 Å². The zero-order valence-electron chi connectivity index (χ0n) is 9.83. The molecule has 0 atom stereocenters. The van der Waals surface area contributed by atoms with Crippen LogP contribution in [0.4, 0.5) is 5.82 Å². The Morgan fingerprint density at radius 2 is 2.39 bits per heavy atom. The van der Waals surface area contributed by atoms with Crippen LogP contribution in [-0.2, 0) is 4.79 Å². The molecule has 0 aromatic carbocycles. The topological polar surface area (TPSA) is 92.4 Å². The van der Waals surface area contributed by atoms with Gasteiger partial charge in [0.1, 0.15) is 24.1 Å². The van der Waals surface area contributed by atoms with Crippen LogP contribution in [0.25, 0.3) is 11.1 Å². The molecule has 2 rings (SSSR count). The molecule has 7 heteroatoms. The van der Waals surface area contributed by atoms with Gasteiger partial charge < -0.3 is 14.5 Å². The summed E-state index contributed by atoms with van der Waals surface area (Å²) >= 11 is 0. The number of carbonyl (C=O) groups is 1. The number of aliphatic carboxylic acids is 1. The van der Waals surface area contributed by atoms with Crippen LogP contribution in [0.3, 0.4) is 0 Å². The Balaban J connectivity index is 2.52. The van der Waals surface area contributed by atoms with Crippen molar-refractivity contribution in [3.05, 3.63) is 24.7 Å². The summed E-state index contributed by atoms with van der Waals surface area (Å²) in [6, 6.07) is 0. The fraction of sp³-hybridized carbons (Fsp3) is 0.273. The normalized spacial score (nSPS) is 10.5. The van der Waals surface area contributed by atoms with Crippen molar-refractivity contribution in [1.29, 1.82) is 0 Å². The van der Waals surface area contributed by atoms with E-state index in [1.165, 1.54) is 6.33 Å². The molecule has 0 radical (unpaired) electrons. The first-order valence-electron chi connectivity index (χ1n) is 5.28. The molecule has 7 nitrogen and oxygen atoms in total. The van der Waals surface area contributed by atoms with Crippen LogP contribution >= 0.6 is 0 Å². The fourth-order valence-corrected chi connectivity index (χ4v) is 1.69. The summed E-state index contributed by atoms with van der Waals surface area (Å²) in [6.45, 7) is 5.55. The maximum Gasteiger partial charge on any atom is 0.323 e. The fourth-order valence-electron chi connectivity index (χ4n) is 1.69. The molecule has 0 saturated carbocycles. The molecule has 2 heterocycles. The van der Waals surface area contributed by atoms with Crippen LogP contribution < -0.4 is 4.90 Å². The number of aryl methyl sites for hydroxylation is 1. The molecule has 1 N–H and O–H groups in total. The lowest BCUT2D eigenvalue weighted by atomic mass is 10.3. The Hall–Kier alpha value is -2.44. The number of anilines is 1. The summed E-state index contributed by atoms with van der Waals surface area (Å²) in [5, 5.41) is 13.3. The molecule has 0 saturated heterocycles. The van der Waals surface area contributed by atoms with Crippen LogP contribution in [-0.4, -0.2) is 39.3 Å². The summed E-state index contributed by atoms with van der Waals surface area (Å²) in [5.74, 6) is -0.459. The van der Waals surface area contributed by atoms with Crippen molar-refractivity contribution in [3.63, 3.8) is 0 Å². The van der Waals surface area contributed by atoms with E-state index in [0.717, 1.165) is 0 Å². The van der Waals surface area contributed by atoms with Gasteiger partial charge in [-0.2, -0.15) is 4.98 Å². The Bertz CT molecular complexity index is 593. The van der Waals surface area contributed by atoms with Crippen LogP contribution in [0, 0.1) is 6.92 Å². The van der Waals surface area contributed by atoms with Gasteiger partial charge in [-0.15, -0.1) is 6.58 Å². The molecule has 0 aliphatic carbocycles.